The third-order valence-corrected chi connectivity index (χ3v) is 1.62. The summed E-state index contributed by atoms with van der Waals surface area (Å²) in [6.07, 6.45) is -8.14. The van der Waals surface area contributed by atoms with Crippen molar-refractivity contribution in [1.82, 2.24) is 4.98 Å². The first-order valence-corrected chi connectivity index (χ1v) is 3.95. The maximum absolute atomic E-state index is 12.3. The summed E-state index contributed by atoms with van der Waals surface area (Å²) in [5.74, 6) is -2.23. The van der Waals surface area contributed by atoms with E-state index in [4.69, 9.17) is 5.11 Å². The van der Waals surface area contributed by atoms with E-state index in [1.54, 1.807) is 0 Å². The zero-order valence-electron chi connectivity index (χ0n) is 7.85. The lowest BCUT2D eigenvalue weighted by molar-refractivity contribution is -0.276. The smallest absolute Gasteiger partial charge is 0.503 e. The van der Waals surface area contributed by atoms with Gasteiger partial charge in [0.1, 0.15) is 5.69 Å². The van der Waals surface area contributed by atoms with Crippen LogP contribution in [0.2, 0.25) is 0 Å². The molecule has 0 fully saturated rings. The van der Waals surface area contributed by atoms with E-state index in [1.807, 2.05) is 0 Å². The lowest BCUT2D eigenvalue weighted by atomic mass is 10.2. The summed E-state index contributed by atoms with van der Waals surface area (Å²) >= 11 is 0. The van der Waals surface area contributed by atoms with Crippen molar-refractivity contribution in [1.29, 1.82) is 0 Å². The van der Waals surface area contributed by atoms with Crippen molar-refractivity contribution in [2.45, 2.75) is 19.7 Å². The molecule has 1 N–H and O–H groups in total. The minimum absolute atomic E-state index is 0.123. The Labute approximate surface area is 86.5 Å². The van der Waals surface area contributed by atoms with Crippen LogP contribution < -0.4 is 4.74 Å². The highest BCUT2D eigenvalue weighted by molar-refractivity contribution is 5.38. The van der Waals surface area contributed by atoms with Gasteiger partial charge in [0.25, 0.3) is 12.3 Å². The molecular weight excluding hydrogens is 237 g/mol. The van der Waals surface area contributed by atoms with Crippen LogP contribution in [-0.4, -0.2) is 16.5 Å². The van der Waals surface area contributed by atoms with Gasteiger partial charge in [-0.1, -0.05) is 0 Å². The Morgan fingerprint density at radius 1 is 1.38 bits per heavy atom. The van der Waals surface area contributed by atoms with Crippen LogP contribution in [0, 0.1) is 6.92 Å². The zero-order valence-corrected chi connectivity index (χ0v) is 7.85. The van der Waals surface area contributed by atoms with Crippen molar-refractivity contribution in [3.05, 3.63) is 17.3 Å². The fourth-order valence-electron chi connectivity index (χ4n) is 1.00. The van der Waals surface area contributed by atoms with Crippen LogP contribution in [0.3, 0.4) is 0 Å². The second kappa shape index (κ2) is 4.11. The normalized spacial score (nSPS) is 11.9. The monoisotopic (exact) mass is 243 g/mol. The van der Waals surface area contributed by atoms with E-state index in [1.165, 1.54) is 6.92 Å². The van der Waals surface area contributed by atoms with Gasteiger partial charge in [0.15, 0.2) is 5.75 Å². The summed E-state index contributed by atoms with van der Waals surface area (Å²) in [6, 6.07) is 0.732. The Morgan fingerprint density at radius 2 is 1.94 bits per heavy atom. The van der Waals surface area contributed by atoms with E-state index in [9.17, 15) is 22.0 Å². The number of aromatic nitrogens is 1. The van der Waals surface area contributed by atoms with E-state index in [0.29, 0.717) is 0 Å². The van der Waals surface area contributed by atoms with Gasteiger partial charge in [-0.3, -0.25) is 0 Å². The standard InChI is InChI=1S/C8H6F5NO2/c1-3-2-4(15)7(16-8(11,12)13)14-5(3)6(9)10/h2,6,15H,1H3. The first kappa shape index (κ1) is 12.5. The van der Waals surface area contributed by atoms with Crippen molar-refractivity contribution < 1.29 is 31.8 Å². The van der Waals surface area contributed by atoms with Crippen molar-refractivity contribution in [2.75, 3.05) is 0 Å². The van der Waals surface area contributed by atoms with Crippen LogP contribution in [0.15, 0.2) is 6.07 Å². The third-order valence-electron chi connectivity index (χ3n) is 1.62. The highest BCUT2D eigenvalue weighted by Crippen LogP contribution is 2.33. The summed E-state index contributed by atoms with van der Waals surface area (Å²) in [5.41, 5.74) is -0.987. The molecule has 0 atom stereocenters. The van der Waals surface area contributed by atoms with Crippen molar-refractivity contribution >= 4 is 0 Å². The first-order chi connectivity index (χ1) is 7.20. The Morgan fingerprint density at radius 3 is 2.38 bits per heavy atom. The van der Waals surface area contributed by atoms with Crippen LogP contribution in [0.5, 0.6) is 11.6 Å². The molecule has 1 heterocycles. The molecule has 1 aromatic rings. The van der Waals surface area contributed by atoms with Gasteiger partial charge < -0.3 is 9.84 Å². The van der Waals surface area contributed by atoms with E-state index >= 15 is 0 Å². The molecule has 16 heavy (non-hydrogen) atoms. The summed E-state index contributed by atoms with van der Waals surface area (Å²) in [7, 11) is 0. The molecule has 1 rings (SSSR count). The molecule has 0 aliphatic heterocycles. The molecular formula is C8H6F5NO2. The summed E-state index contributed by atoms with van der Waals surface area (Å²) in [6.45, 7) is 1.19. The van der Waals surface area contributed by atoms with Gasteiger partial charge >= 0.3 is 6.36 Å². The van der Waals surface area contributed by atoms with Gasteiger partial charge in [-0.15, -0.1) is 13.2 Å². The lowest BCUT2D eigenvalue weighted by Crippen LogP contribution is -2.18. The van der Waals surface area contributed by atoms with Gasteiger partial charge in [-0.25, -0.2) is 13.8 Å². The summed E-state index contributed by atoms with van der Waals surface area (Å²) in [5, 5.41) is 9.03. The molecule has 0 bridgehead atoms. The topological polar surface area (TPSA) is 42.4 Å². The molecule has 0 saturated heterocycles. The fourth-order valence-corrected chi connectivity index (χ4v) is 1.00. The Hall–Kier alpha value is -1.60. The van der Waals surface area contributed by atoms with Crippen LogP contribution in [-0.2, 0) is 0 Å². The number of aromatic hydroxyl groups is 1. The van der Waals surface area contributed by atoms with Crippen LogP contribution in [0.4, 0.5) is 22.0 Å². The van der Waals surface area contributed by atoms with E-state index in [2.05, 4.69) is 9.72 Å². The van der Waals surface area contributed by atoms with E-state index < -0.39 is 30.1 Å². The molecule has 3 nitrogen and oxygen atoms in total. The van der Waals surface area contributed by atoms with Crippen molar-refractivity contribution in [2.24, 2.45) is 0 Å². The van der Waals surface area contributed by atoms with E-state index in [-0.39, 0.29) is 5.56 Å². The molecule has 0 aliphatic carbocycles. The Bertz CT molecular complexity index is 391. The van der Waals surface area contributed by atoms with Gasteiger partial charge in [-0.05, 0) is 18.6 Å². The van der Waals surface area contributed by atoms with E-state index in [0.717, 1.165) is 6.07 Å². The molecule has 0 aliphatic rings. The quantitative estimate of drug-likeness (QED) is 0.812. The molecule has 1 aromatic heterocycles. The summed E-state index contributed by atoms with van der Waals surface area (Å²) in [4.78, 5) is 2.91. The first-order valence-electron chi connectivity index (χ1n) is 3.95. The number of hydrogen-bond donors (Lipinski definition) is 1. The second-order valence-electron chi connectivity index (χ2n) is 2.86. The van der Waals surface area contributed by atoms with Crippen LogP contribution >= 0.6 is 0 Å². The molecule has 0 radical (unpaired) electrons. The number of rotatable bonds is 2. The molecule has 0 aromatic carbocycles. The highest BCUT2D eigenvalue weighted by atomic mass is 19.4. The summed E-state index contributed by atoms with van der Waals surface area (Å²) < 4.78 is 63.2. The fraction of sp³-hybridized carbons (Fsp3) is 0.375. The Balaban J connectivity index is 3.15. The number of alkyl halides is 5. The third kappa shape index (κ3) is 2.94. The van der Waals surface area contributed by atoms with Crippen molar-refractivity contribution in [3.8, 4) is 11.6 Å². The molecule has 0 amide bonds. The SMILES string of the molecule is Cc1cc(O)c(OC(F)(F)F)nc1C(F)F. The van der Waals surface area contributed by atoms with Gasteiger partial charge in [-0.2, -0.15) is 0 Å². The predicted octanol–water partition coefficient (Wildman–Crippen LogP) is 2.93. The number of nitrogens with zero attached hydrogens (tertiary/aromatic N) is 1. The molecule has 0 saturated carbocycles. The number of pyridine rings is 1. The van der Waals surface area contributed by atoms with Gasteiger partial charge in [0, 0.05) is 0 Å². The number of aryl methyl sites for hydroxylation is 1. The number of hydrogen-bond acceptors (Lipinski definition) is 3. The van der Waals surface area contributed by atoms with Crippen LogP contribution in [0.25, 0.3) is 0 Å². The average Bonchev–Trinajstić information content (AvgIpc) is 2.07. The minimum atomic E-state index is -5.10. The molecule has 90 valence electrons. The minimum Gasteiger partial charge on any atom is -0.503 e. The molecule has 0 unspecified atom stereocenters. The molecule has 0 spiro atoms. The predicted molar refractivity (Wildman–Crippen MR) is 42.3 cm³/mol. The maximum atomic E-state index is 12.3. The second-order valence-corrected chi connectivity index (χ2v) is 2.86. The molecule has 8 heteroatoms. The highest BCUT2D eigenvalue weighted by Gasteiger charge is 2.33. The number of halogens is 5. The van der Waals surface area contributed by atoms with Crippen LogP contribution in [0.1, 0.15) is 17.7 Å². The Kier molecular flexibility index (Phi) is 3.20. The van der Waals surface area contributed by atoms with Crippen molar-refractivity contribution in [3.63, 3.8) is 0 Å². The number of ether oxygens (including phenoxy) is 1. The largest absolute Gasteiger partial charge is 0.574 e. The maximum Gasteiger partial charge on any atom is 0.574 e. The van der Waals surface area contributed by atoms with Gasteiger partial charge in [0.05, 0.1) is 0 Å². The lowest BCUT2D eigenvalue weighted by Gasteiger charge is -2.12. The average molecular weight is 243 g/mol. The van der Waals surface area contributed by atoms with Gasteiger partial charge in [0.2, 0.25) is 0 Å². The zero-order chi connectivity index (χ0) is 12.5.